The van der Waals surface area contributed by atoms with Crippen molar-refractivity contribution in [1.29, 1.82) is 5.41 Å². The van der Waals surface area contributed by atoms with E-state index in [0.29, 0.717) is 16.7 Å². The summed E-state index contributed by atoms with van der Waals surface area (Å²) in [5, 5.41) is 15.6. The highest BCUT2D eigenvalue weighted by atomic mass is 16.3. The van der Waals surface area contributed by atoms with Gasteiger partial charge >= 0.3 is 0 Å². The summed E-state index contributed by atoms with van der Waals surface area (Å²) in [6.07, 6.45) is 3.07. The Bertz CT molecular complexity index is 1320. The molecule has 6 nitrogen and oxygen atoms in total. The topological polar surface area (TPSA) is 84.8 Å². The van der Waals surface area contributed by atoms with Crippen LogP contribution in [-0.4, -0.2) is 20.7 Å². The highest BCUT2D eigenvalue weighted by Crippen LogP contribution is 2.30. The van der Waals surface area contributed by atoms with Gasteiger partial charge in [0.1, 0.15) is 5.58 Å². The number of nitrogens with one attached hydrogen (secondary N) is 1. The second kappa shape index (κ2) is 5.35. The normalized spacial score (nSPS) is 11.4. The van der Waals surface area contributed by atoms with E-state index in [1.54, 1.807) is 12.1 Å². The van der Waals surface area contributed by atoms with Crippen LogP contribution in [-0.2, 0) is 0 Å². The van der Waals surface area contributed by atoms with Gasteiger partial charge in [-0.05, 0) is 35.0 Å². The first-order chi connectivity index (χ1) is 12.7. The second-order valence-electron chi connectivity index (χ2n) is 5.97. The van der Waals surface area contributed by atoms with Crippen molar-refractivity contribution < 1.29 is 9.21 Å². The Kier molecular flexibility index (Phi) is 2.99. The van der Waals surface area contributed by atoms with Gasteiger partial charge in [0.05, 0.1) is 5.56 Å². The van der Waals surface area contributed by atoms with E-state index >= 15 is 0 Å². The fraction of sp³-hybridized carbons (Fsp3) is 0. The summed E-state index contributed by atoms with van der Waals surface area (Å²) in [6.45, 7) is 0. The largest absolute Gasteiger partial charge is 0.436 e. The van der Waals surface area contributed by atoms with Crippen LogP contribution in [0.3, 0.4) is 0 Å². The number of pyridine rings is 1. The molecule has 5 rings (SSSR count). The molecule has 0 saturated carbocycles. The van der Waals surface area contributed by atoms with Crippen LogP contribution < -0.4 is 5.49 Å². The zero-order chi connectivity index (χ0) is 17.7. The van der Waals surface area contributed by atoms with Crippen molar-refractivity contribution in [3.05, 3.63) is 78.0 Å². The summed E-state index contributed by atoms with van der Waals surface area (Å²) in [7, 11) is 0. The predicted molar refractivity (Wildman–Crippen MR) is 95.9 cm³/mol. The SMILES string of the molecule is N=c1c2cc3c(ccc4ccccc43)oc-2nn1C(=O)c1ccncc1. The summed E-state index contributed by atoms with van der Waals surface area (Å²) in [6, 6.07) is 16.9. The Hall–Kier alpha value is -3.80. The number of carbonyl (C=O) groups excluding carboxylic acids is 1. The molecular weight excluding hydrogens is 328 g/mol. The number of hydrogen-bond donors (Lipinski definition) is 1. The van der Waals surface area contributed by atoms with Gasteiger partial charge in [0.2, 0.25) is 5.89 Å². The van der Waals surface area contributed by atoms with Crippen LogP contribution >= 0.6 is 0 Å². The predicted octanol–water partition coefficient (Wildman–Crippen LogP) is 3.45. The molecule has 124 valence electrons. The minimum atomic E-state index is -0.391. The lowest BCUT2D eigenvalue weighted by Crippen LogP contribution is -2.25. The van der Waals surface area contributed by atoms with Crippen LogP contribution in [0.15, 0.2) is 71.4 Å². The first-order valence-corrected chi connectivity index (χ1v) is 8.06. The molecule has 0 amide bonds. The van der Waals surface area contributed by atoms with Gasteiger partial charge in [0.15, 0.2) is 5.49 Å². The highest BCUT2D eigenvalue weighted by Gasteiger charge is 2.21. The van der Waals surface area contributed by atoms with E-state index < -0.39 is 5.91 Å². The number of hydrogen-bond acceptors (Lipinski definition) is 5. The molecule has 3 aromatic rings. The highest BCUT2D eigenvalue weighted by molar-refractivity contribution is 6.06. The average molecular weight is 340 g/mol. The van der Waals surface area contributed by atoms with E-state index in [9.17, 15) is 4.79 Å². The first kappa shape index (κ1) is 14.5. The van der Waals surface area contributed by atoms with E-state index in [-0.39, 0.29) is 11.4 Å². The summed E-state index contributed by atoms with van der Waals surface area (Å²) in [4.78, 5) is 16.6. The lowest BCUT2D eigenvalue weighted by Gasteiger charge is -2.04. The van der Waals surface area contributed by atoms with Crippen LogP contribution in [0.1, 0.15) is 10.4 Å². The molecule has 0 radical (unpaired) electrons. The Morgan fingerprint density at radius 2 is 1.81 bits per heavy atom. The number of benzene rings is 2. The molecule has 1 N–H and O–H groups in total. The molecule has 2 aliphatic heterocycles. The Labute approximate surface area is 147 Å². The van der Waals surface area contributed by atoms with E-state index in [0.717, 1.165) is 20.8 Å². The quantitative estimate of drug-likeness (QED) is 0.474. The molecule has 3 heterocycles. The van der Waals surface area contributed by atoms with Crippen molar-refractivity contribution in [1.82, 2.24) is 14.8 Å². The molecule has 0 unspecified atom stereocenters. The number of fused-ring (bicyclic) bond motifs is 4. The molecule has 0 aliphatic carbocycles. The Balaban J connectivity index is 1.79. The third-order valence-electron chi connectivity index (χ3n) is 4.43. The fourth-order valence-corrected chi connectivity index (χ4v) is 3.14. The van der Waals surface area contributed by atoms with Gasteiger partial charge < -0.3 is 4.42 Å². The number of carbonyl (C=O) groups is 1. The van der Waals surface area contributed by atoms with Gasteiger partial charge in [-0.2, -0.15) is 4.68 Å². The molecule has 0 spiro atoms. The minimum Gasteiger partial charge on any atom is -0.436 e. The van der Waals surface area contributed by atoms with Crippen molar-refractivity contribution >= 4 is 27.6 Å². The van der Waals surface area contributed by atoms with Gasteiger partial charge in [-0.3, -0.25) is 15.2 Å². The molecule has 2 aliphatic rings. The number of aromatic nitrogens is 3. The van der Waals surface area contributed by atoms with Gasteiger partial charge in [0, 0.05) is 23.3 Å². The molecule has 6 heteroatoms. The zero-order valence-corrected chi connectivity index (χ0v) is 13.5. The van der Waals surface area contributed by atoms with E-state index in [1.165, 1.54) is 12.4 Å². The van der Waals surface area contributed by atoms with Crippen LogP contribution in [0.4, 0.5) is 0 Å². The maximum absolute atomic E-state index is 12.7. The van der Waals surface area contributed by atoms with E-state index in [4.69, 9.17) is 9.83 Å². The maximum atomic E-state index is 12.7. The standard InChI is InChI=1S/C20H12N4O2/c21-18-16-11-15-14-4-2-1-3-12(14)5-6-17(15)26-19(16)23-24(18)20(25)13-7-9-22-10-8-13/h1-11,21H. The monoisotopic (exact) mass is 340 g/mol. The molecule has 1 aromatic heterocycles. The second-order valence-corrected chi connectivity index (χ2v) is 5.97. The van der Waals surface area contributed by atoms with E-state index in [2.05, 4.69) is 10.1 Å². The average Bonchev–Trinajstić information content (AvgIpc) is 3.02. The van der Waals surface area contributed by atoms with Gasteiger partial charge in [-0.25, -0.2) is 0 Å². The van der Waals surface area contributed by atoms with Crippen molar-refractivity contribution in [3.8, 4) is 11.5 Å². The van der Waals surface area contributed by atoms with Crippen molar-refractivity contribution in [2.75, 3.05) is 0 Å². The molecule has 0 fully saturated rings. The lowest BCUT2D eigenvalue weighted by atomic mass is 10.0. The van der Waals surface area contributed by atoms with Crippen molar-refractivity contribution in [2.45, 2.75) is 0 Å². The molecule has 2 aromatic carbocycles. The van der Waals surface area contributed by atoms with Crippen LogP contribution in [0, 0.1) is 5.41 Å². The van der Waals surface area contributed by atoms with Crippen molar-refractivity contribution in [2.24, 2.45) is 0 Å². The third-order valence-corrected chi connectivity index (χ3v) is 4.43. The Morgan fingerprint density at radius 3 is 2.65 bits per heavy atom. The number of nitrogens with zero attached hydrogens (tertiary/aromatic N) is 3. The first-order valence-electron chi connectivity index (χ1n) is 8.06. The molecule has 26 heavy (non-hydrogen) atoms. The number of rotatable bonds is 1. The van der Waals surface area contributed by atoms with Crippen molar-refractivity contribution in [3.63, 3.8) is 0 Å². The Morgan fingerprint density at radius 1 is 1.00 bits per heavy atom. The smallest absolute Gasteiger partial charge is 0.280 e. The summed E-state index contributed by atoms with van der Waals surface area (Å²) in [5.74, 6) is -0.127. The fourth-order valence-electron chi connectivity index (χ4n) is 3.14. The third kappa shape index (κ3) is 2.05. The molecule has 0 bridgehead atoms. The van der Waals surface area contributed by atoms with Crippen LogP contribution in [0.2, 0.25) is 0 Å². The van der Waals surface area contributed by atoms with Gasteiger partial charge in [-0.1, -0.05) is 30.3 Å². The van der Waals surface area contributed by atoms with Gasteiger partial charge in [-0.15, -0.1) is 5.10 Å². The van der Waals surface area contributed by atoms with E-state index in [1.807, 2.05) is 42.5 Å². The summed E-state index contributed by atoms with van der Waals surface area (Å²) < 4.78 is 6.95. The van der Waals surface area contributed by atoms with Crippen LogP contribution in [0.5, 0.6) is 0 Å². The molecular formula is C20H12N4O2. The van der Waals surface area contributed by atoms with Crippen LogP contribution in [0.25, 0.3) is 33.2 Å². The maximum Gasteiger partial charge on any atom is 0.280 e. The molecule has 0 saturated heterocycles. The molecule has 0 atom stereocenters. The summed E-state index contributed by atoms with van der Waals surface area (Å²) >= 11 is 0. The summed E-state index contributed by atoms with van der Waals surface area (Å²) in [5.41, 5.74) is 1.57. The lowest BCUT2D eigenvalue weighted by molar-refractivity contribution is 0.0939. The minimum absolute atomic E-state index is 0.000367. The van der Waals surface area contributed by atoms with Gasteiger partial charge in [0.25, 0.3) is 5.91 Å². The zero-order valence-electron chi connectivity index (χ0n) is 13.5.